The molecule has 0 aliphatic heterocycles. The van der Waals surface area contributed by atoms with Gasteiger partial charge in [-0.3, -0.25) is 0 Å². The van der Waals surface area contributed by atoms with Crippen LogP contribution < -0.4 is 10.6 Å². The lowest BCUT2D eigenvalue weighted by Crippen LogP contribution is -1.97. The molecule has 5 heteroatoms. The molecule has 0 radical (unpaired) electrons. The molecule has 0 spiro atoms. The molecule has 2 rings (SSSR count). The fourth-order valence-electron chi connectivity index (χ4n) is 1.74. The number of aryl methyl sites for hydroxylation is 1. The van der Waals surface area contributed by atoms with E-state index in [-0.39, 0.29) is 0 Å². The van der Waals surface area contributed by atoms with Crippen LogP contribution in [0.1, 0.15) is 16.0 Å². The van der Waals surface area contributed by atoms with Gasteiger partial charge in [-0.15, -0.1) is 11.3 Å². The fraction of sp³-hybridized carbons (Fsp3) is 0.143. The fourth-order valence-corrected chi connectivity index (χ4v) is 2.62. The third-order valence-electron chi connectivity index (χ3n) is 2.64. The van der Waals surface area contributed by atoms with E-state index >= 15 is 0 Å². The summed E-state index contributed by atoms with van der Waals surface area (Å²) in [6, 6.07) is 11.5. The minimum Gasteiger partial charge on any atom is -0.386 e. The summed E-state index contributed by atoms with van der Waals surface area (Å²) in [4.78, 5) is 1.08. The Kier molecular flexibility index (Phi) is 3.70. The molecule has 0 aliphatic carbocycles. The van der Waals surface area contributed by atoms with Crippen LogP contribution in [0.2, 0.25) is 0 Å². The average molecular weight is 268 g/mol. The Morgan fingerprint density at radius 1 is 1.11 bits per heavy atom. The highest BCUT2D eigenvalue weighted by molar-refractivity contribution is 7.16. The Morgan fingerprint density at radius 2 is 1.89 bits per heavy atom. The standard InChI is InChI=1S/C14H12N4S/c1-9-5-11(8-16)14(19-9)18-12-4-3-10(7-15)6-13(12)17-2/h3-6,17-18H,1-2H3. The maximum Gasteiger partial charge on any atom is 0.111 e. The van der Waals surface area contributed by atoms with Gasteiger partial charge in [0.1, 0.15) is 11.1 Å². The highest BCUT2D eigenvalue weighted by atomic mass is 32.1. The second kappa shape index (κ2) is 5.43. The van der Waals surface area contributed by atoms with Crippen molar-refractivity contribution in [2.24, 2.45) is 0 Å². The van der Waals surface area contributed by atoms with Gasteiger partial charge in [0.25, 0.3) is 0 Å². The summed E-state index contributed by atoms with van der Waals surface area (Å²) >= 11 is 1.54. The number of nitrogens with one attached hydrogen (secondary N) is 2. The van der Waals surface area contributed by atoms with Crippen LogP contribution in [0.5, 0.6) is 0 Å². The number of nitrogens with zero attached hydrogens (tertiary/aromatic N) is 2. The van der Waals surface area contributed by atoms with Gasteiger partial charge in [-0.1, -0.05) is 0 Å². The van der Waals surface area contributed by atoms with Gasteiger partial charge in [-0.05, 0) is 31.2 Å². The van der Waals surface area contributed by atoms with Crippen LogP contribution in [0.4, 0.5) is 16.4 Å². The molecule has 1 aromatic heterocycles. The number of benzene rings is 1. The summed E-state index contributed by atoms with van der Waals surface area (Å²) in [6.07, 6.45) is 0. The van der Waals surface area contributed by atoms with Crippen molar-refractivity contribution < 1.29 is 0 Å². The molecule has 94 valence electrons. The van der Waals surface area contributed by atoms with E-state index in [1.54, 1.807) is 19.2 Å². The van der Waals surface area contributed by atoms with E-state index in [0.717, 1.165) is 21.3 Å². The molecule has 1 heterocycles. The van der Waals surface area contributed by atoms with E-state index in [1.807, 2.05) is 19.1 Å². The van der Waals surface area contributed by atoms with Gasteiger partial charge < -0.3 is 10.6 Å². The first-order valence-corrected chi connectivity index (χ1v) is 6.49. The molecule has 0 bridgehead atoms. The van der Waals surface area contributed by atoms with Crippen LogP contribution in [0.15, 0.2) is 24.3 Å². The summed E-state index contributed by atoms with van der Waals surface area (Å²) in [5, 5.41) is 25.1. The van der Waals surface area contributed by atoms with E-state index in [4.69, 9.17) is 10.5 Å². The van der Waals surface area contributed by atoms with Crippen molar-refractivity contribution in [3.63, 3.8) is 0 Å². The van der Waals surface area contributed by atoms with E-state index in [9.17, 15) is 0 Å². The quantitative estimate of drug-likeness (QED) is 0.892. The Morgan fingerprint density at radius 3 is 2.53 bits per heavy atom. The third kappa shape index (κ3) is 2.67. The molecular formula is C14H12N4S. The molecule has 0 fully saturated rings. The topological polar surface area (TPSA) is 71.6 Å². The van der Waals surface area contributed by atoms with Crippen LogP contribution in [0.3, 0.4) is 0 Å². The molecule has 0 atom stereocenters. The van der Waals surface area contributed by atoms with Crippen molar-refractivity contribution in [2.45, 2.75) is 6.92 Å². The first-order valence-electron chi connectivity index (χ1n) is 5.67. The second-order valence-corrected chi connectivity index (χ2v) is 5.22. The largest absolute Gasteiger partial charge is 0.386 e. The molecular weight excluding hydrogens is 256 g/mol. The number of rotatable bonds is 3. The predicted octanol–water partition coefficient (Wildman–Crippen LogP) is 3.59. The van der Waals surface area contributed by atoms with Crippen molar-refractivity contribution in [2.75, 3.05) is 17.7 Å². The van der Waals surface area contributed by atoms with Gasteiger partial charge in [-0.2, -0.15) is 10.5 Å². The Balaban J connectivity index is 2.38. The van der Waals surface area contributed by atoms with Gasteiger partial charge in [-0.25, -0.2) is 0 Å². The lowest BCUT2D eigenvalue weighted by atomic mass is 10.2. The van der Waals surface area contributed by atoms with Crippen LogP contribution in [0.25, 0.3) is 0 Å². The summed E-state index contributed by atoms with van der Waals surface area (Å²) in [5.74, 6) is 0. The summed E-state index contributed by atoms with van der Waals surface area (Å²) < 4.78 is 0. The zero-order valence-electron chi connectivity index (χ0n) is 10.6. The normalized spacial score (nSPS) is 9.47. The van der Waals surface area contributed by atoms with E-state index < -0.39 is 0 Å². The minimum absolute atomic E-state index is 0.595. The highest BCUT2D eigenvalue weighted by Gasteiger charge is 2.09. The Bertz CT molecular complexity index is 688. The lowest BCUT2D eigenvalue weighted by Gasteiger charge is -2.11. The Labute approximate surface area is 115 Å². The van der Waals surface area contributed by atoms with Crippen LogP contribution in [-0.2, 0) is 0 Å². The molecule has 0 saturated heterocycles. The van der Waals surface area contributed by atoms with Gasteiger partial charge in [0.2, 0.25) is 0 Å². The van der Waals surface area contributed by atoms with Gasteiger partial charge in [0, 0.05) is 11.9 Å². The van der Waals surface area contributed by atoms with E-state index in [2.05, 4.69) is 22.8 Å². The second-order valence-electron chi connectivity index (χ2n) is 3.96. The van der Waals surface area contributed by atoms with Crippen molar-refractivity contribution in [1.29, 1.82) is 10.5 Å². The molecule has 4 nitrogen and oxygen atoms in total. The molecule has 2 aromatic rings. The lowest BCUT2D eigenvalue weighted by molar-refractivity contribution is 1.44. The zero-order chi connectivity index (χ0) is 13.8. The summed E-state index contributed by atoms with van der Waals surface area (Å²) in [5.41, 5.74) is 2.90. The van der Waals surface area contributed by atoms with Crippen molar-refractivity contribution in [3.8, 4) is 12.1 Å². The Hall–Kier alpha value is -2.50. The van der Waals surface area contributed by atoms with Crippen LogP contribution in [-0.4, -0.2) is 7.05 Å². The highest BCUT2D eigenvalue weighted by Crippen LogP contribution is 2.33. The number of hydrogen-bond acceptors (Lipinski definition) is 5. The first kappa shape index (κ1) is 12.9. The molecule has 0 amide bonds. The van der Waals surface area contributed by atoms with E-state index in [0.29, 0.717) is 11.1 Å². The molecule has 0 aliphatic rings. The maximum absolute atomic E-state index is 9.08. The van der Waals surface area contributed by atoms with Crippen molar-refractivity contribution in [1.82, 2.24) is 0 Å². The van der Waals surface area contributed by atoms with E-state index in [1.165, 1.54) is 11.3 Å². The third-order valence-corrected chi connectivity index (χ3v) is 3.61. The van der Waals surface area contributed by atoms with Crippen LogP contribution in [0, 0.1) is 29.6 Å². The number of nitriles is 2. The van der Waals surface area contributed by atoms with Crippen molar-refractivity contribution in [3.05, 3.63) is 40.3 Å². The van der Waals surface area contributed by atoms with Crippen molar-refractivity contribution >= 4 is 27.7 Å². The molecule has 2 N–H and O–H groups in total. The minimum atomic E-state index is 0.595. The summed E-state index contributed by atoms with van der Waals surface area (Å²) in [6.45, 7) is 1.97. The average Bonchev–Trinajstić information content (AvgIpc) is 2.79. The maximum atomic E-state index is 9.08. The molecule has 19 heavy (non-hydrogen) atoms. The number of anilines is 3. The smallest absolute Gasteiger partial charge is 0.111 e. The number of thiophene rings is 1. The SMILES string of the molecule is CNc1cc(C#N)ccc1Nc1sc(C)cc1C#N. The van der Waals surface area contributed by atoms with Gasteiger partial charge in [0.05, 0.1) is 28.6 Å². The predicted molar refractivity (Wildman–Crippen MR) is 77.8 cm³/mol. The van der Waals surface area contributed by atoms with Gasteiger partial charge >= 0.3 is 0 Å². The number of hydrogen-bond donors (Lipinski definition) is 2. The van der Waals surface area contributed by atoms with Gasteiger partial charge in [0.15, 0.2) is 0 Å². The molecule has 0 saturated carbocycles. The summed E-state index contributed by atoms with van der Waals surface area (Å²) in [7, 11) is 1.80. The zero-order valence-corrected chi connectivity index (χ0v) is 11.4. The monoisotopic (exact) mass is 268 g/mol. The molecule has 1 aromatic carbocycles. The molecule has 0 unspecified atom stereocenters. The van der Waals surface area contributed by atoms with Crippen LogP contribution >= 0.6 is 11.3 Å². The first-order chi connectivity index (χ1) is 9.17.